The van der Waals surface area contributed by atoms with Gasteiger partial charge in [0.25, 0.3) is 5.91 Å². The van der Waals surface area contributed by atoms with Crippen molar-refractivity contribution in [3.05, 3.63) is 81.3 Å². The topological polar surface area (TPSA) is 71.1 Å². The van der Waals surface area contributed by atoms with Crippen molar-refractivity contribution in [3.63, 3.8) is 0 Å². The van der Waals surface area contributed by atoms with Gasteiger partial charge in [-0.3, -0.25) is 9.59 Å². The molecule has 0 spiro atoms. The molecule has 0 saturated heterocycles. The molecule has 1 aromatic heterocycles. The molecule has 2 aromatic carbocycles. The standard InChI is InChI=1S/C20H17F2N3O2S/c1-12-19(20(27)23-11-13-5-3-2-4-6-13)28-18(24-12)10-17(26)25-16-9-14(21)7-8-15(16)22/h2-9H,10-11H2,1H3,(H,23,27)(H,25,26). The Bertz CT molecular complexity index is 1010. The zero-order valence-corrected chi connectivity index (χ0v) is 15.8. The number of hydrogen-bond acceptors (Lipinski definition) is 4. The Labute approximate surface area is 164 Å². The van der Waals surface area contributed by atoms with Crippen molar-refractivity contribution in [1.82, 2.24) is 10.3 Å². The van der Waals surface area contributed by atoms with E-state index >= 15 is 0 Å². The van der Waals surface area contributed by atoms with Gasteiger partial charge >= 0.3 is 0 Å². The van der Waals surface area contributed by atoms with Gasteiger partial charge in [-0.25, -0.2) is 13.8 Å². The molecule has 0 aliphatic rings. The molecule has 1 heterocycles. The summed E-state index contributed by atoms with van der Waals surface area (Å²) >= 11 is 1.10. The van der Waals surface area contributed by atoms with Crippen molar-refractivity contribution in [2.75, 3.05) is 5.32 Å². The van der Waals surface area contributed by atoms with E-state index in [4.69, 9.17) is 0 Å². The van der Waals surface area contributed by atoms with Gasteiger partial charge in [-0.2, -0.15) is 0 Å². The van der Waals surface area contributed by atoms with Gasteiger partial charge in [0.2, 0.25) is 5.91 Å². The van der Waals surface area contributed by atoms with E-state index in [9.17, 15) is 18.4 Å². The molecule has 0 bridgehead atoms. The Morgan fingerprint density at radius 1 is 1.11 bits per heavy atom. The number of benzene rings is 2. The number of halogens is 2. The maximum Gasteiger partial charge on any atom is 0.263 e. The third kappa shape index (κ3) is 4.98. The van der Waals surface area contributed by atoms with Crippen LogP contribution in [0.4, 0.5) is 14.5 Å². The fraction of sp³-hybridized carbons (Fsp3) is 0.150. The van der Waals surface area contributed by atoms with Gasteiger partial charge in [0, 0.05) is 12.6 Å². The number of rotatable bonds is 6. The highest BCUT2D eigenvalue weighted by Crippen LogP contribution is 2.20. The van der Waals surface area contributed by atoms with E-state index in [-0.39, 0.29) is 18.0 Å². The summed E-state index contributed by atoms with van der Waals surface area (Å²) in [5, 5.41) is 5.55. The predicted octanol–water partition coefficient (Wildman–Crippen LogP) is 3.84. The van der Waals surface area contributed by atoms with Gasteiger partial charge in [0.1, 0.15) is 21.5 Å². The van der Waals surface area contributed by atoms with E-state index < -0.39 is 17.5 Å². The molecule has 0 aliphatic heterocycles. The van der Waals surface area contributed by atoms with Gasteiger partial charge in [-0.15, -0.1) is 11.3 Å². The van der Waals surface area contributed by atoms with Crippen LogP contribution in [-0.2, 0) is 17.8 Å². The van der Waals surface area contributed by atoms with Crippen LogP contribution in [0.1, 0.15) is 25.9 Å². The maximum atomic E-state index is 13.6. The van der Waals surface area contributed by atoms with Gasteiger partial charge in [-0.05, 0) is 24.6 Å². The first kappa shape index (κ1) is 19.6. The summed E-state index contributed by atoms with van der Waals surface area (Å²) in [4.78, 5) is 29.1. The summed E-state index contributed by atoms with van der Waals surface area (Å²) in [5.74, 6) is -2.21. The fourth-order valence-corrected chi connectivity index (χ4v) is 3.50. The molecule has 28 heavy (non-hydrogen) atoms. The molecular formula is C20H17F2N3O2S. The summed E-state index contributed by atoms with van der Waals surface area (Å²) in [6.07, 6.45) is -0.145. The number of carbonyl (C=O) groups excluding carboxylic acids is 2. The molecule has 144 valence electrons. The van der Waals surface area contributed by atoms with Gasteiger partial charge in [-0.1, -0.05) is 30.3 Å². The Morgan fingerprint density at radius 2 is 1.86 bits per heavy atom. The summed E-state index contributed by atoms with van der Waals surface area (Å²) in [6.45, 7) is 2.06. The number of aromatic nitrogens is 1. The average molecular weight is 401 g/mol. The maximum absolute atomic E-state index is 13.6. The molecule has 0 unspecified atom stereocenters. The van der Waals surface area contributed by atoms with E-state index in [1.54, 1.807) is 6.92 Å². The smallest absolute Gasteiger partial charge is 0.263 e. The molecule has 0 fully saturated rings. The number of nitrogens with zero attached hydrogens (tertiary/aromatic N) is 1. The highest BCUT2D eigenvalue weighted by Gasteiger charge is 2.17. The highest BCUT2D eigenvalue weighted by molar-refractivity contribution is 7.13. The second-order valence-electron chi connectivity index (χ2n) is 6.04. The number of anilines is 1. The largest absolute Gasteiger partial charge is 0.347 e. The van der Waals surface area contributed by atoms with Crippen molar-refractivity contribution in [1.29, 1.82) is 0 Å². The molecule has 3 rings (SSSR count). The Kier molecular flexibility index (Phi) is 6.10. The number of aryl methyl sites for hydroxylation is 1. The molecule has 2 N–H and O–H groups in total. The first-order valence-electron chi connectivity index (χ1n) is 8.45. The lowest BCUT2D eigenvalue weighted by Gasteiger charge is -2.05. The molecule has 0 radical (unpaired) electrons. The van der Waals surface area contributed by atoms with Gasteiger partial charge in [0.05, 0.1) is 17.8 Å². The van der Waals surface area contributed by atoms with Crippen LogP contribution in [0.25, 0.3) is 0 Å². The van der Waals surface area contributed by atoms with Crippen LogP contribution >= 0.6 is 11.3 Å². The fourth-order valence-electron chi connectivity index (χ4n) is 2.52. The minimum absolute atomic E-state index is 0.145. The lowest BCUT2D eigenvalue weighted by Crippen LogP contribution is -2.22. The van der Waals surface area contributed by atoms with E-state index in [0.717, 1.165) is 35.1 Å². The Balaban J connectivity index is 1.62. The number of amides is 2. The third-order valence-electron chi connectivity index (χ3n) is 3.86. The SMILES string of the molecule is Cc1nc(CC(=O)Nc2cc(F)ccc2F)sc1C(=O)NCc1ccccc1. The second kappa shape index (κ2) is 8.71. The Morgan fingerprint density at radius 3 is 2.61 bits per heavy atom. The lowest BCUT2D eigenvalue weighted by atomic mass is 10.2. The van der Waals surface area contributed by atoms with Crippen LogP contribution in [0.15, 0.2) is 48.5 Å². The van der Waals surface area contributed by atoms with Crippen molar-refractivity contribution in [2.45, 2.75) is 19.9 Å². The van der Waals surface area contributed by atoms with Crippen molar-refractivity contribution in [3.8, 4) is 0 Å². The predicted molar refractivity (Wildman–Crippen MR) is 103 cm³/mol. The second-order valence-corrected chi connectivity index (χ2v) is 7.12. The van der Waals surface area contributed by atoms with Crippen LogP contribution in [0.2, 0.25) is 0 Å². The number of thiazole rings is 1. The summed E-state index contributed by atoms with van der Waals surface area (Å²) < 4.78 is 26.8. The molecule has 2 amide bonds. The van der Waals surface area contributed by atoms with Crippen molar-refractivity contribution < 1.29 is 18.4 Å². The van der Waals surface area contributed by atoms with Crippen LogP contribution in [0.3, 0.4) is 0 Å². The van der Waals surface area contributed by atoms with E-state index in [0.29, 0.717) is 22.1 Å². The van der Waals surface area contributed by atoms with Crippen LogP contribution in [0, 0.1) is 18.6 Å². The zero-order chi connectivity index (χ0) is 20.1. The molecule has 0 atom stereocenters. The van der Waals surface area contributed by atoms with E-state index in [1.807, 2.05) is 30.3 Å². The number of hydrogen-bond donors (Lipinski definition) is 2. The lowest BCUT2D eigenvalue weighted by molar-refractivity contribution is -0.115. The van der Waals surface area contributed by atoms with Gasteiger partial charge in [0.15, 0.2) is 0 Å². The summed E-state index contributed by atoms with van der Waals surface area (Å²) in [6, 6.07) is 12.3. The summed E-state index contributed by atoms with van der Waals surface area (Å²) in [7, 11) is 0. The van der Waals surface area contributed by atoms with Gasteiger partial charge < -0.3 is 10.6 Å². The normalized spacial score (nSPS) is 10.5. The minimum atomic E-state index is -0.731. The molecule has 0 aliphatic carbocycles. The molecule has 5 nitrogen and oxygen atoms in total. The third-order valence-corrected chi connectivity index (χ3v) is 5.01. The molecule has 8 heteroatoms. The number of carbonyl (C=O) groups is 2. The first-order chi connectivity index (χ1) is 13.4. The van der Waals surface area contributed by atoms with Crippen LogP contribution < -0.4 is 10.6 Å². The summed E-state index contributed by atoms with van der Waals surface area (Å²) in [5.41, 5.74) is 1.24. The average Bonchev–Trinajstić information content (AvgIpc) is 3.03. The minimum Gasteiger partial charge on any atom is -0.347 e. The van der Waals surface area contributed by atoms with Crippen LogP contribution in [0.5, 0.6) is 0 Å². The highest BCUT2D eigenvalue weighted by atomic mass is 32.1. The first-order valence-corrected chi connectivity index (χ1v) is 9.27. The molecule has 3 aromatic rings. The Hall–Kier alpha value is -3.13. The molecular weight excluding hydrogens is 384 g/mol. The van der Waals surface area contributed by atoms with E-state index in [2.05, 4.69) is 15.6 Å². The van der Waals surface area contributed by atoms with Crippen LogP contribution in [-0.4, -0.2) is 16.8 Å². The number of nitrogens with one attached hydrogen (secondary N) is 2. The quantitative estimate of drug-likeness (QED) is 0.659. The monoisotopic (exact) mass is 401 g/mol. The van der Waals surface area contributed by atoms with Crippen molar-refractivity contribution in [2.24, 2.45) is 0 Å². The molecule has 0 saturated carbocycles. The van der Waals surface area contributed by atoms with Crippen molar-refractivity contribution >= 4 is 28.8 Å². The zero-order valence-electron chi connectivity index (χ0n) is 15.0. The van der Waals surface area contributed by atoms with E-state index in [1.165, 1.54) is 0 Å².